The predicted octanol–water partition coefficient (Wildman–Crippen LogP) is 8.56. The van der Waals surface area contributed by atoms with Gasteiger partial charge in [-0.1, -0.05) is 60.7 Å². The highest BCUT2D eigenvalue weighted by molar-refractivity contribution is 7.53. The third-order valence-corrected chi connectivity index (χ3v) is 9.92. The van der Waals surface area contributed by atoms with Gasteiger partial charge in [0, 0.05) is 5.56 Å². The van der Waals surface area contributed by atoms with Crippen LogP contribution < -0.4 is 4.74 Å². The van der Waals surface area contributed by atoms with E-state index in [2.05, 4.69) is 0 Å². The third kappa shape index (κ3) is 7.89. The summed E-state index contributed by atoms with van der Waals surface area (Å²) in [6.45, 7) is 8.13. The van der Waals surface area contributed by atoms with Crippen LogP contribution >= 0.6 is 15.2 Å². The Hall–Kier alpha value is -2.24. The maximum absolute atomic E-state index is 13.5. The van der Waals surface area contributed by atoms with Gasteiger partial charge in [-0.05, 0) is 61.6 Å². The number of methoxy groups -OCH3 is 1. The molecule has 0 saturated carbocycles. The molecule has 0 aliphatic rings. The second kappa shape index (κ2) is 14.2. The molecule has 9 heteroatoms. The number of ether oxygens (including phenoxy) is 1. The van der Waals surface area contributed by atoms with E-state index in [1.54, 1.807) is 34.8 Å². The lowest BCUT2D eigenvalue weighted by molar-refractivity contribution is 0.217. The Morgan fingerprint density at radius 2 is 1.08 bits per heavy atom. The maximum atomic E-state index is 13.5. The minimum Gasteiger partial charge on any atom is -0.496 e. The fourth-order valence-electron chi connectivity index (χ4n) is 4.30. The van der Waals surface area contributed by atoms with Gasteiger partial charge >= 0.3 is 15.2 Å². The minimum absolute atomic E-state index is 0.0370. The molecule has 0 atom stereocenters. The zero-order chi connectivity index (χ0) is 27.6. The van der Waals surface area contributed by atoms with Crippen molar-refractivity contribution in [2.24, 2.45) is 0 Å². The van der Waals surface area contributed by atoms with Crippen molar-refractivity contribution >= 4 is 15.2 Å². The highest BCUT2D eigenvalue weighted by Gasteiger charge is 2.30. The van der Waals surface area contributed by atoms with E-state index < -0.39 is 15.2 Å². The summed E-state index contributed by atoms with van der Waals surface area (Å²) in [6.07, 6.45) is 0.0914. The number of benzene rings is 3. The van der Waals surface area contributed by atoms with Crippen LogP contribution in [0.25, 0.3) is 22.3 Å². The minimum atomic E-state index is -3.44. The van der Waals surface area contributed by atoms with Gasteiger partial charge in [0.1, 0.15) is 5.75 Å². The highest BCUT2D eigenvalue weighted by Crippen LogP contribution is 2.55. The van der Waals surface area contributed by atoms with E-state index in [4.69, 9.17) is 22.8 Å². The van der Waals surface area contributed by atoms with Crippen molar-refractivity contribution in [1.29, 1.82) is 0 Å². The molecule has 3 aromatic rings. The van der Waals surface area contributed by atoms with Crippen LogP contribution in [0.3, 0.4) is 0 Å². The van der Waals surface area contributed by atoms with Crippen molar-refractivity contribution in [3.05, 3.63) is 77.9 Å². The molecule has 0 spiro atoms. The fraction of sp³-hybridized carbons (Fsp3) is 0.379. The van der Waals surface area contributed by atoms with Crippen molar-refractivity contribution in [2.75, 3.05) is 33.5 Å². The molecule has 0 radical (unpaired) electrons. The Labute approximate surface area is 226 Å². The second-order valence-corrected chi connectivity index (χ2v) is 12.6. The maximum Gasteiger partial charge on any atom is 0.335 e. The Bertz CT molecular complexity index is 1260. The zero-order valence-corrected chi connectivity index (χ0v) is 24.6. The van der Waals surface area contributed by atoms with E-state index >= 15 is 0 Å². The van der Waals surface area contributed by atoms with Gasteiger partial charge in [-0.2, -0.15) is 0 Å². The summed E-state index contributed by atoms with van der Waals surface area (Å²) in [7, 11) is -5.18. The summed E-state index contributed by atoms with van der Waals surface area (Å²) in [5.41, 5.74) is 5.28. The molecule has 0 aliphatic heterocycles. The topological polar surface area (TPSA) is 80.3 Å². The fourth-order valence-corrected chi connectivity index (χ4v) is 7.82. The number of hydrogen-bond donors (Lipinski definition) is 0. The molecule has 0 aromatic heterocycles. The molecule has 3 rings (SSSR count). The van der Waals surface area contributed by atoms with Gasteiger partial charge < -0.3 is 22.8 Å². The third-order valence-electron chi connectivity index (χ3n) is 5.86. The molecule has 0 heterocycles. The molecule has 0 bridgehead atoms. The first-order valence-corrected chi connectivity index (χ1v) is 16.4. The second-order valence-electron chi connectivity index (χ2n) is 8.47. The molecule has 0 aliphatic carbocycles. The normalized spacial score (nSPS) is 12.0. The first-order chi connectivity index (χ1) is 18.3. The molecule has 0 amide bonds. The van der Waals surface area contributed by atoms with Gasteiger partial charge in [0.2, 0.25) is 0 Å². The lowest BCUT2D eigenvalue weighted by atomic mass is 9.97. The van der Waals surface area contributed by atoms with Gasteiger partial charge in [0.25, 0.3) is 0 Å². The highest BCUT2D eigenvalue weighted by atomic mass is 31.2. The molecule has 0 N–H and O–H groups in total. The Balaban J connectivity index is 2.08. The molecule has 206 valence electrons. The van der Waals surface area contributed by atoms with Crippen molar-refractivity contribution < 1.29 is 32.0 Å². The average Bonchev–Trinajstić information content (AvgIpc) is 2.90. The van der Waals surface area contributed by atoms with Crippen LogP contribution in [0.1, 0.15) is 38.8 Å². The Kier molecular flexibility index (Phi) is 11.3. The molecule has 0 unspecified atom stereocenters. The van der Waals surface area contributed by atoms with Crippen molar-refractivity contribution in [1.82, 2.24) is 0 Å². The standard InChI is InChI=1S/C29H38O7P2/c1-6-33-37(30,34-7-2)21-26-16-15-24(19-27(26)22-38(31,35-8-3)36-9-4)25-17-18-28(29(20-25)32-5)23-13-11-10-12-14-23/h10-20H,6-9,21-22H2,1-5H3. The average molecular weight is 561 g/mol. The largest absolute Gasteiger partial charge is 0.496 e. The summed E-state index contributed by atoms with van der Waals surface area (Å²) in [5.74, 6) is 0.742. The molecule has 3 aromatic carbocycles. The Morgan fingerprint density at radius 3 is 1.61 bits per heavy atom. The van der Waals surface area contributed by atoms with E-state index in [1.807, 2.05) is 66.7 Å². The van der Waals surface area contributed by atoms with Crippen LogP contribution in [0, 0.1) is 0 Å². The molecule has 38 heavy (non-hydrogen) atoms. The van der Waals surface area contributed by atoms with Gasteiger partial charge in [0.15, 0.2) is 0 Å². The van der Waals surface area contributed by atoms with Crippen LogP contribution in [-0.4, -0.2) is 33.5 Å². The van der Waals surface area contributed by atoms with Crippen molar-refractivity contribution in [3.63, 3.8) is 0 Å². The van der Waals surface area contributed by atoms with Crippen LogP contribution in [0.4, 0.5) is 0 Å². The lowest BCUT2D eigenvalue weighted by Crippen LogP contribution is -2.05. The summed E-state index contributed by atoms with van der Waals surface area (Å²) >= 11 is 0. The molecular formula is C29H38O7P2. The summed E-state index contributed by atoms with van der Waals surface area (Å²) in [4.78, 5) is 0. The monoisotopic (exact) mass is 560 g/mol. The van der Waals surface area contributed by atoms with E-state index in [0.717, 1.165) is 28.0 Å². The van der Waals surface area contributed by atoms with E-state index in [-0.39, 0.29) is 38.8 Å². The van der Waals surface area contributed by atoms with Gasteiger partial charge in [0.05, 0.1) is 45.9 Å². The van der Waals surface area contributed by atoms with Crippen LogP contribution in [-0.2, 0) is 39.5 Å². The lowest BCUT2D eigenvalue weighted by Gasteiger charge is -2.22. The first-order valence-electron chi connectivity index (χ1n) is 12.9. The van der Waals surface area contributed by atoms with Gasteiger partial charge in [-0.3, -0.25) is 9.13 Å². The van der Waals surface area contributed by atoms with Gasteiger partial charge in [-0.15, -0.1) is 0 Å². The molecular weight excluding hydrogens is 522 g/mol. The van der Waals surface area contributed by atoms with Crippen LogP contribution in [0.5, 0.6) is 5.75 Å². The quantitative estimate of drug-likeness (QED) is 0.172. The smallest absolute Gasteiger partial charge is 0.335 e. The number of hydrogen-bond acceptors (Lipinski definition) is 7. The van der Waals surface area contributed by atoms with Crippen LogP contribution in [0.15, 0.2) is 66.7 Å². The predicted molar refractivity (Wildman–Crippen MR) is 153 cm³/mol. The first kappa shape index (κ1) is 30.3. The molecule has 0 saturated heterocycles. The SMILES string of the molecule is CCOP(=O)(Cc1ccc(-c2ccc(-c3ccccc3)c(OC)c2)cc1CP(=O)(OCC)OCC)OCC. The molecule has 7 nitrogen and oxygen atoms in total. The van der Waals surface area contributed by atoms with E-state index in [1.165, 1.54) is 0 Å². The molecule has 0 fully saturated rings. The van der Waals surface area contributed by atoms with E-state index in [9.17, 15) is 9.13 Å². The van der Waals surface area contributed by atoms with Crippen molar-refractivity contribution in [2.45, 2.75) is 40.0 Å². The van der Waals surface area contributed by atoms with E-state index in [0.29, 0.717) is 11.1 Å². The number of rotatable bonds is 15. The van der Waals surface area contributed by atoms with Crippen molar-refractivity contribution in [3.8, 4) is 28.0 Å². The van der Waals surface area contributed by atoms with Gasteiger partial charge in [-0.25, -0.2) is 0 Å². The Morgan fingerprint density at radius 1 is 0.579 bits per heavy atom. The summed E-state index contributed by atoms with van der Waals surface area (Å²) in [6, 6.07) is 21.9. The summed E-state index contributed by atoms with van der Waals surface area (Å²) < 4.78 is 54.8. The zero-order valence-electron chi connectivity index (χ0n) is 22.8. The summed E-state index contributed by atoms with van der Waals surface area (Å²) in [5, 5.41) is 0. The van der Waals surface area contributed by atoms with Crippen LogP contribution in [0.2, 0.25) is 0 Å².